The van der Waals surface area contributed by atoms with Gasteiger partial charge in [0.1, 0.15) is 0 Å². The minimum absolute atomic E-state index is 0.102. The summed E-state index contributed by atoms with van der Waals surface area (Å²) >= 11 is 0. The molecule has 0 aromatic heterocycles. The van der Waals surface area contributed by atoms with Crippen molar-refractivity contribution in [3.8, 4) is 0 Å². The van der Waals surface area contributed by atoms with Crippen LogP contribution in [0.2, 0.25) is 0 Å². The molecule has 2 amide bonds. The molecule has 130 valence electrons. The molecule has 0 bridgehead atoms. The molecule has 2 saturated heterocycles. The van der Waals surface area contributed by atoms with Crippen molar-refractivity contribution in [2.24, 2.45) is 0 Å². The van der Waals surface area contributed by atoms with Crippen LogP contribution in [-0.2, 0) is 9.53 Å². The van der Waals surface area contributed by atoms with Gasteiger partial charge < -0.3 is 15.0 Å². The van der Waals surface area contributed by atoms with Gasteiger partial charge in [-0.25, -0.2) is 0 Å². The van der Waals surface area contributed by atoms with Crippen molar-refractivity contribution in [3.63, 3.8) is 0 Å². The van der Waals surface area contributed by atoms with Crippen LogP contribution >= 0.6 is 0 Å². The molecule has 6 nitrogen and oxygen atoms in total. The first kappa shape index (κ1) is 16.9. The molecule has 24 heavy (non-hydrogen) atoms. The summed E-state index contributed by atoms with van der Waals surface area (Å²) < 4.78 is 5.33. The number of rotatable bonds is 5. The second-order valence-corrected chi connectivity index (χ2v) is 6.54. The van der Waals surface area contributed by atoms with E-state index in [0.717, 1.165) is 45.0 Å². The molecule has 3 rings (SSSR count). The lowest BCUT2D eigenvalue weighted by Crippen LogP contribution is -2.42. The van der Waals surface area contributed by atoms with Crippen molar-refractivity contribution in [1.29, 1.82) is 0 Å². The number of ether oxygens (including phenoxy) is 1. The Morgan fingerprint density at radius 3 is 2.83 bits per heavy atom. The van der Waals surface area contributed by atoms with Gasteiger partial charge in [0.25, 0.3) is 5.91 Å². The van der Waals surface area contributed by atoms with Crippen LogP contribution in [0.4, 0.5) is 0 Å². The van der Waals surface area contributed by atoms with Crippen molar-refractivity contribution in [1.82, 2.24) is 15.1 Å². The van der Waals surface area contributed by atoms with Gasteiger partial charge in [-0.05, 0) is 19.1 Å². The minimum Gasteiger partial charge on any atom is -0.379 e. The Bertz CT molecular complexity index is 599. The molecule has 1 atom stereocenters. The molecule has 6 heteroatoms. The van der Waals surface area contributed by atoms with E-state index in [2.05, 4.69) is 10.2 Å². The van der Waals surface area contributed by atoms with E-state index in [1.807, 2.05) is 30.0 Å². The topological polar surface area (TPSA) is 61.9 Å². The highest BCUT2D eigenvalue weighted by Gasteiger charge is 2.30. The lowest BCUT2D eigenvalue weighted by molar-refractivity contribution is -0.128. The number of aryl methyl sites for hydroxylation is 1. The van der Waals surface area contributed by atoms with Crippen molar-refractivity contribution >= 4 is 11.8 Å². The van der Waals surface area contributed by atoms with Gasteiger partial charge in [-0.2, -0.15) is 0 Å². The largest absolute Gasteiger partial charge is 0.379 e. The van der Waals surface area contributed by atoms with Gasteiger partial charge in [-0.15, -0.1) is 0 Å². The standard InChI is InChI=1S/C18H25N3O3/c1-14-3-2-4-15(11-14)18(23)19-16-12-17(22)21(13-16)6-5-20-7-9-24-10-8-20/h2-4,11,16H,5-10,12-13H2,1H3,(H,19,23)/t16-/m0/s1. The number of carbonyl (C=O) groups excluding carboxylic acids is 2. The third kappa shape index (κ3) is 4.33. The van der Waals surface area contributed by atoms with Gasteiger partial charge in [0.2, 0.25) is 5.91 Å². The van der Waals surface area contributed by atoms with Crippen LogP contribution in [0.25, 0.3) is 0 Å². The fraction of sp³-hybridized carbons (Fsp3) is 0.556. The van der Waals surface area contributed by atoms with Crippen molar-refractivity contribution < 1.29 is 14.3 Å². The third-order valence-corrected chi connectivity index (χ3v) is 4.62. The summed E-state index contributed by atoms with van der Waals surface area (Å²) in [6, 6.07) is 7.40. The van der Waals surface area contributed by atoms with E-state index in [-0.39, 0.29) is 17.9 Å². The molecule has 1 N–H and O–H groups in total. The first-order valence-electron chi connectivity index (χ1n) is 8.57. The molecule has 1 aromatic rings. The lowest BCUT2D eigenvalue weighted by Gasteiger charge is -2.28. The Hall–Kier alpha value is -1.92. The Labute approximate surface area is 142 Å². The summed E-state index contributed by atoms with van der Waals surface area (Å²) in [5, 5.41) is 2.99. The number of nitrogens with zero attached hydrogens (tertiary/aromatic N) is 2. The molecule has 0 unspecified atom stereocenters. The van der Waals surface area contributed by atoms with E-state index < -0.39 is 0 Å². The SMILES string of the molecule is Cc1cccc(C(=O)N[C@H]2CC(=O)N(CCN3CCOCC3)C2)c1. The molecule has 0 aliphatic carbocycles. The Balaban J connectivity index is 1.48. The zero-order chi connectivity index (χ0) is 16.9. The Kier molecular flexibility index (Phi) is 5.48. The third-order valence-electron chi connectivity index (χ3n) is 4.62. The van der Waals surface area contributed by atoms with Gasteiger partial charge in [-0.1, -0.05) is 17.7 Å². The van der Waals surface area contributed by atoms with Crippen molar-refractivity contribution in [3.05, 3.63) is 35.4 Å². The Morgan fingerprint density at radius 1 is 1.29 bits per heavy atom. The van der Waals surface area contributed by atoms with Crippen LogP contribution < -0.4 is 5.32 Å². The quantitative estimate of drug-likeness (QED) is 0.861. The number of carbonyl (C=O) groups is 2. The summed E-state index contributed by atoms with van der Waals surface area (Å²) in [5.41, 5.74) is 1.70. The first-order valence-corrected chi connectivity index (χ1v) is 8.57. The number of benzene rings is 1. The summed E-state index contributed by atoms with van der Waals surface area (Å²) in [6.45, 7) is 7.53. The molecule has 1 aromatic carbocycles. The molecule has 2 heterocycles. The lowest BCUT2D eigenvalue weighted by atomic mass is 10.1. The highest BCUT2D eigenvalue weighted by molar-refractivity contribution is 5.95. The van der Waals surface area contributed by atoms with Gasteiger partial charge in [0.15, 0.2) is 0 Å². The summed E-state index contributed by atoms with van der Waals surface area (Å²) in [4.78, 5) is 28.6. The minimum atomic E-state index is -0.105. The van der Waals surface area contributed by atoms with Crippen LogP contribution in [0, 0.1) is 6.92 Å². The first-order chi connectivity index (χ1) is 11.6. The predicted octanol–water partition coefficient (Wildman–Crippen LogP) is 0.658. The van der Waals surface area contributed by atoms with Crippen LogP contribution in [0.5, 0.6) is 0 Å². The molecule has 0 saturated carbocycles. The smallest absolute Gasteiger partial charge is 0.251 e. The maximum absolute atomic E-state index is 12.3. The fourth-order valence-electron chi connectivity index (χ4n) is 3.23. The fourth-order valence-corrected chi connectivity index (χ4v) is 3.23. The molecular weight excluding hydrogens is 306 g/mol. The molecular formula is C18H25N3O3. The van der Waals surface area contributed by atoms with Crippen molar-refractivity contribution in [2.45, 2.75) is 19.4 Å². The summed E-state index contributed by atoms with van der Waals surface area (Å²) in [5.74, 6) is 0.0179. The van der Waals surface area contributed by atoms with E-state index in [1.54, 1.807) is 6.07 Å². The maximum atomic E-state index is 12.3. The number of likely N-dealkylation sites (tertiary alicyclic amines) is 1. The zero-order valence-electron chi connectivity index (χ0n) is 14.2. The summed E-state index contributed by atoms with van der Waals surface area (Å²) in [6.07, 6.45) is 0.390. The van der Waals surface area contributed by atoms with Gasteiger partial charge in [-0.3, -0.25) is 14.5 Å². The van der Waals surface area contributed by atoms with Gasteiger partial charge >= 0.3 is 0 Å². The van der Waals surface area contributed by atoms with E-state index in [1.165, 1.54) is 0 Å². The Morgan fingerprint density at radius 2 is 2.08 bits per heavy atom. The van der Waals surface area contributed by atoms with Crippen LogP contribution in [-0.4, -0.2) is 73.6 Å². The second kappa shape index (κ2) is 7.77. The van der Waals surface area contributed by atoms with Crippen molar-refractivity contribution in [2.75, 3.05) is 45.9 Å². The summed E-state index contributed by atoms with van der Waals surface area (Å²) in [7, 11) is 0. The molecule has 0 spiro atoms. The van der Waals surface area contributed by atoms with E-state index in [9.17, 15) is 9.59 Å². The molecule has 2 fully saturated rings. The molecule has 2 aliphatic rings. The number of hydrogen-bond acceptors (Lipinski definition) is 4. The monoisotopic (exact) mass is 331 g/mol. The average molecular weight is 331 g/mol. The number of morpholine rings is 1. The second-order valence-electron chi connectivity index (χ2n) is 6.54. The highest BCUT2D eigenvalue weighted by Crippen LogP contribution is 2.13. The van der Waals surface area contributed by atoms with E-state index in [0.29, 0.717) is 18.5 Å². The number of nitrogens with one attached hydrogen (secondary N) is 1. The normalized spacial score (nSPS) is 22.0. The maximum Gasteiger partial charge on any atom is 0.251 e. The zero-order valence-corrected chi connectivity index (χ0v) is 14.2. The number of amides is 2. The van der Waals surface area contributed by atoms with Gasteiger partial charge in [0.05, 0.1) is 19.3 Å². The van der Waals surface area contributed by atoms with Crippen LogP contribution in [0.3, 0.4) is 0 Å². The predicted molar refractivity (Wildman–Crippen MR) is 90.9 cm³/mol. The molecule has 0 radical (unpaired) electrons. The average Bonchev–Trinajstić information content (AvgIpc) is 2.93. The van der Waals surface area contributed by atoms with Gasteiger partial charge in [0, 0.05) is 44.7 Å². The van der Waals surface area contributed by atoms with Crippen LogP contribution in [0.1, 0.15) is 22.3 Å². The van der Waals surface area contributed by atoms with E-state index >= 15 is 0 Å². The highest BCUT2D eigenvalue weighted by atomic mass is 16.5. The molecule has 2 aliphatic heterocycles. The number of hydrogen-bond donors (Lipinski definition) is 1. The van der Waals surface area contributed by atoms with E-state index in [4.69, 9.17) is 4.74 Å². The van der Waals surface area contributed by atoms with Crippen LogP contribution in [0.15, 0.2) is 24.3 Å².